The molecule has 0 radical (unpaired) electrons. The second-order valence-corrected chi connectivity index (χ2v) is 9.20. The van der Waals surface area contributed by atoms with E-state index in [1.54, 1.807) is 4.31 Å². The highest BCUT2D eigenvalue weighted by atomic mass is 32.2. The standard InChI is InChI=1S/C14H24N2O2S2/c1-4-15-10-12-9-13(19-11-12)20(17,18)16-7-5-14(2,3)6-8-16/h9,11,15H,4-8,10H2,1-3H3. The molecule has 0 aromatic carbocycles. The molecule has 1 N–H and O–H groups in total. The molecule has 0 bridgehead atoms. The van der Waals surface area contributed by atoms with Crippen molar-refractivity contribution < 1.29 is 8.42 Å². The summed E-state index contributed by atoms with van der Waals surface area (Å²) in [7, 11) is -3.29. The van der Waals surface area contributed by atoms with Crippen molar-refractivity contribution in [3.8, 4) is 0 Å². The maximum absolute atomic E-state index is 12.6. The van der Waals surface area contributed by atoms with Crippen LogP contribution < -0.4 is 5.32 Å². The Balaban J connectivity index is 2.08. The van der Waals surface area contributed by atoms with Gasteiger partial charge in [0, 0.05) is 19.6 Å². The Hall–Kier alpha value is -0.430. The van der Waals surface area contributed by atoms with Crippen molar-refractivity contribution in [2.24, 2.45) is 5.41 Å². The molecule has 1 saturated heterocycles. The first-order valence-corrected chi connectivity index (χ1v) is 9.45. The zero-order valence-corrected chi connectivity index (χ0v) is 14.1. The van der Waals surface area contributed by atoms with E-state index >= 15 is 0 Å². The summed E-state index contributed by atoms with van der Waals surface area (Å²) in [5, 5.41) is 5.15. The Morgan fingerprint density at radius 1 is 1.35 bits per heavy atom. The summed E-state index contributed by atoms with van der Waals surface area (Å²) in [4.78, 5) is 0. The zero-order valence-electron chi connectivity index (χ0n) is 12.5. The van der Waals surface area contributed by atoms with Crippen LogP contribution in [0.2, 0.25) is 0 Å². The van der Waals surface area contributed by atoms with Crippen molar-refractivity contribution in [1.82, 2.24) is 9.62 Å². The van der Waals surface area contributed by atoms with E-state index in [2.05, 4.69) is 19.2 Å². The average molecular weight is 316 g/mol. The predicted octanol–water partition coefficient (Wildman–Crippen LogP) is 2.67. The number of rotatable bonds is 5. The molecular formula is C14H24N2O2S2. The summed E-state index contributed by atoms with van der Waals surface area (Å²) in [5.74, 6) is 0. The molecule has 6 heteroatoms. The summed E-state index contributed by atoms with van der Waals surface area (Å²) in [5.41, 5.74) is 1.31. The Morgan fingerprint density at radius 2 is 2.00 bits per heavy atom. The maximum atomic E-state index is 12.6. The molecule has 20 heavy (non-hydrogen) atoms. The fourth-order valence-corrected chi connectivity index (χ4v) is 5.11. The number of hydrogen-bond donors (Lipinski definition) is 1. The van der Waals surface area contributed by atoms with Crippen molar-refractivity contribution in [1.29, 1.82) is 0 Å². The van der Waals surface area contributed by atoms with E-state index in [1.165, 1.54) is 11.3 Å². The molecule has 4 nitrogen and oxygen atoms in total. The van der Waals surface area contributed by atoms with Crippen LogP contribution in [0.1, 0.15) is 39.2 Å². The van der Waals surface area contributed by atoms with Crippen LogP contribution in [-0.2, 0) is 16.6 Å². The normalized spacial score (nSPS) is 20.1. The molecule has 0 atom stereocenters. The smallest absolute Gasteiger partial charge is 0.252 e. The molecular weight excluding hydrogens is 292 g/mol. The highest BCUT2D eigenvalue weighted by Gasteiger charge is 2.33. The minimum atomic E-state index is -3.29. The Morgan fingerprint density at radius 3 is 2.60 bits per heavy atom. The van der Waals surface area contributed by atoms with E-state index in [9.17, 15) is 8.42 Å². The highest BCUT2D eigenvalue weighted by molar-refractivity contribution is 7.91. The van der Waals surface area contributed by atoms with Gasteiger partial charge in [-0.1, -0.05) is 20.8 Å². The van der Waals surface area contributed by atoms with Gasteiger partial charge in [0.05, 0.1) is 0 Å². The third-order valence-corrected chi connectivity index (χ3v) is 7.24. The number of sulfonamides is 1. The molecule has 2 rings (SSSR count). The van der Waals surface area contributed by atoms with Gasteiger partial charge in [-0.15, -0.1) is 11.3 Å². The Kier molecular flexibility index (Phi) is 4.89. The molecule has 0 aliphatic carbocycles. The van der Waals surface area contributed by atoms with Crippen LogP contribution in [0.5, 0.6) is 0 Å². The van der Waals surface area contributed by atoms with E-state index in [4.69, 9.17) is 0 Å². The molecule has 0 unspecified atom stereocenters. The average Bonchev–Trinajstić information content (AvgIpc) is 2.85. The summed E-state index contributed by atoms with van der Waals surface area (Å²) >= 11 is 1.33. The first kappa shape index (κ1) is 15.9. The molecule has 0 saturated carbocycles. The molecule has 1 aliphatic heterocycles. The van der Waals surface area contributed by atoms with Crippen LogP contribution in [-0.4, -0.2) is 32.4 Å². The third-order valence-electron chi connectivity index (χ3n) is 3.88. The van der Waals surface area contributed by atoms with E-state index in [1.807, 2.05) is 18.4 Å². The van der Waals surface area contributed by atoms with Gasteiger partial charge in [0.1, 0.15) is 4.21 Å². The highest BCUT2D eigenvalue weighted by Crippen LogP contribution is 2.33. The van der Waals surface area contributed by atoms with E-state index in [0.29, 0.717) is 17.3 Å². The van der Waals surface area contributed by atoms with Crippen molar-refractivity contribution in [2.45, 2.75) is 44.4 Å². The number of nitrogens with one attached hydrogen (secondary N) is 1. The van der Waals surface area contributed by atoms with Crippen molar-refractivity contribution in [3.05, 3.63) is 17.0 Å². The van der Waals surface area contributed by atoms with Crippen LogP contribution in [0, 0.1) is 5.41 Å². The monoisotopic (exact) mass is 316 g/mol. The fraction of sp³-hybridized carbons (Fsp3) is 0.714. The van der Waals surface area contributed by atoms with Crippen LogP contribution >= 0.6 is 11.3 Å². The quantitative estimate of drug-likeness (QED) is 0.908. The number of thiophene rings is 1. The fourth-order valence-electron chi connectivity index (χ4n) is 2.31. The van der Waals surface area contributed by atoms with Crippen LogP contribution in [0.4, 0.5) is 0 Å². The van der Waals surface area contributed by atoms with Gasteiger partial charge >= 0.3 is 0 Å². The van der Waals surface area contributed by atoms with Crippen LogP contribution in [0.3, 0.4) is 0 Å². The van der Waals surface area contributed by atoms with Gasteiger partial charge < -0.3 is 5.32 Å². The minimum absolute atomic E-state index is 0.262. The van der Waals surface area contributed by atoms with Gasteiger partial charge in [-0.25, -0.2) is 8.42 Å². The first-order chi connectivity index (χ1) is 9.35. The van der Waals surface area contributed by atoms with E-state index < -0.39 is 10.0 Å². The van der Waals surface area contributed by atoms with Crippen molar-refractivity contribution in [3.63, 3.8) is 0 Å². The predicted molar refractivity (Wildman–Crippen MR) is 83.5 cm³/mol. The Bertz CT molecular complexity index is 539. The lowest BCUT2D eigenvalue weighted by atomic mass is 9.83. The van der Waals surface area contributed by atoms with Crippen LogP contribution in [0.25, 0.3) is 0 Å². The lowest BCUT2D eigenvalue weighted by Crippen LogP contribution is -2.40. The molecule has 1 aromatic heterocycles. The second kappa shape index (κ2) is 6.13. The molecule has 114 valence electrons. The molecule has 1 aromatic rings. The molecule has 0 spiro atoms. The number of hydrogen-bond acceptors (Lipinski definition) is 4. The summed E-state index contributed by atoms with van der Waals surface area (Å²) in [6.45, 7) is 9.34. The number of nitrogens with zero attached hydrogens (tertiary/aromatic N) is 1. The van der Waals surface area contributed by atoms with Crippen LogP contribution in [0.15, 0.2) is 15.7 Å². The molecule has 2 heterocycles. The largest absolute Gasteiger partial charge is 0.313 e. The van der Waals surface area contributed by atoms with E-state index in [0.717, 1.165) is 31.5 Å². The summed E-state index contributed by atoms with van der Waals surface area (Å²) in [6, 6.07) is 1.81. The van der Waals surface area contributed by atoms with Gasteiger partial charge in [-0.05, 0) is 41.8 Å². The van der Waals surface area contributed by atoms with Gasteiger partial charge in [0.2, 0.25) is 0 Å². The van der Waals surface area contributed by atoms with Gasteiger partial charge in [-0.2, -0.15) is 4.31 Å². The zero-order chi connectivity index (χ0) is 14.8. The SMILES string of the molecule is CCNCc1csc(S(=O)(=O)N2CCC(C)(C)CC2)c1. The van der Waals surface area contributed by atoms with Gasteiger partial charge in [-0.3, -0.25) is 0 Å². The molecule has 0 amide bonds. The topological polar surface area (TPSA) is 49.4 Å². The Labute approximate surface area is 126 Å². The molecule has 1 aliphatic rings. The van der Waals surface area contributed by atoms with Crippen molar-refractivity contribution >= 4 is 21.4 Å². The van der Waals surface area contributed by atoms with Gasteiger partial charge in [0.15, 0.2) is 0 Å². The minimum Gasteiger partial charge on any atom is -0.313 e. The van der Waals surface area contributed by atoms with E-state index in [-0.39, 0.29) is 5.41 Å². The maximum Gasteiger partial charge on any atom is 0.252 e. The number of piperidine rings is 1. The summed E-state index contributed by atoms with van der Waals surface area (Å²) < 4.78 is 27.3. The lowest BCUT2D eigenvalue weighted by Gasteiger charge is -2.35. The van der Waals surface area contributed by atoms with Gasteiger partial charge in [0.25, 0.3) is 10.0 Å². The molecule has 1 fully saturated rings. The van der Waals surface area contributed by atoms with Crippen molar-refractivity contribution in [2.75, 3.05) is 19.6 Å². The summed E-state index contributed by atoms with van der Waals surface area (Å²) in [6.07, 6.45) is 1.86. The lowest BCUT2D eigenvalue weighted by molar-refractivity contribution is 0.196. The first-order valence-electron chi connectivity index (χ1n) is 7.13. The third kappa shape index (κ3) is 3.61. The second-order valence-electron chi connectivity index (χ2n) is 6.12.